The van der Waals surface area contributed by atoms with Crippen LogP contribution in [0.4, 0.5) is 0 Å². The fourth-order valence-electron chi connectivity index (χ4n) is 3.73. The highest BCUT2D eigenvalue weighted by Gasteiger charge is 2.15. The molecule has 2 aromatic carbocycles. The van der Waals surface area contributed by atoms with Gasteiger partial charge in [0, 0.05) is 33.8 Å². The van der Waals surface area contributed by atoms with Crippen LogP contribution in [0.2, 0.25) is 10.0 Å². The molecule has 1 fully saturated rings. The van der Waals surface area contributed by atoms with E-state index in [1.165, 1.54) is 44.9 Å². The molecule has 0 unspecified atom stereocenters. The van der Waals surface area contributed by atoms with Gasteiger partial charge in [-0.1, -0.05) is 73.5 Å². The molecule has 0 aromatic heterocycles. The summed E-state index contributed by atoms with van der Waals surface area (Å²) in [6, 6.07) is 12.1. The van der Waals surface area contributed by atoms with Crippen LogP contribution in [0.3, 0.4) is 0 Å². The molecule has 0 atom stereocenters. The summed E-state index contributed by atoms with van der Waals surface area (Å²) in [4.78, 5) is 0. The average molecular weight is 459 g/mol. The van der Waals surface area contributed by atoms with E-state index in [1.807, 2.05) is 24.3 Å². The monoisotopic (exact) mass is 457 g/mol. The van der Waals surface area contributed by atoms with E-state index in [0.29, 0.717) is 22.7 Å². The summed E-state index contributed by atoms with van der Waals surface area (Å²) in [6.45, 7) is 1.14. The lowest BCUT2D eigenvalue weighted by molar-refractivity contribution is 0.279. The Morgan fingerprint density at radius 3 is 2.38 bits per heavy atom. The zero-order chi connectivity index (χ0) is 19.8. The highest BCUT2D eigenvalue weighted by atomic mass is 35.5. The van der Waals surface area contributed by atoms with Crippen LogP contribution in [0.5, 0.6) is 11.5 Å². The molecule has 1 aliphatic rings. The summed E-state index contributed by atoms with van der Waals surface area (Å²) in [6.07, 6.45) is 9.22. The molecular formula is C23H30Cl3NO2. The molecule has 0 spiro atoms. The fourth-order valence-corrected chi connectivity index (χ4v) is 4.19. The molecule has 2 aromatic rings. The van der Waals surface area contributed by atoms with Gasteiger partial charge < -0.3 is 14.8 Å². The first kappa shape index (κ1) is 24.1. The normalized spacial score (nSPS) is 15.1. The van der Waals surface area contributed by atoms with Crippen molar-refractivity contribution in [2.24, 2.45) is 0 Å². The maximum absolute atomic E-state index is 6.29. The predicted octanol–water partition coefficient (Wildman–Crippen LogP) is 7.21. The molecule has 6 heteroatoms. The maximum Gasteiger partial charge on any atom is 0.166 e. The van der Waals surface area contributed by atoms with Crippen molar-refractivity contribution >= 4 is 35.6 Å². The van der Waals surface area contributed by atoms with E-state index in [9.17, 15) is 0 Å². The first-order valence-electron chi connectivity index (χ1n) is 10.1. The molecule has 0 radical (unpaired) electrons. The molecule has 3 rings (SSSR count). The molecule has 0 amide bonds. The number of hydrogen-bond acceptors (Lipinski definition) is 3. The zero-order valence-electron chi connectivity index (χ0n) is 16.9. The number of hydrogen-bond donors (Lipinski definition) is 1. The quantitative estimate of drug-likeness (QED) is 0.475. The number of halogens is 3. The molecule has 1 aliphatic carbocycles. The van der Waals surface area contributed by atoms with Crippen LogP contribution in [-0.4, -0.2) is 13.2 Å². The molecular weight excluding hydrogens is 429 g/mol. The van der Waals surface area contributed by atoms with Gasteiger partial charge in [-0.25, -0.2) is 0 Å². The number of para-hydroxylation sites is 1. The Labute approximate surface area is 190 Å². The minimum atomic E-state index is 0. The summed E-state index contributed by atoms with van der Waals surface area (Å²) in [5, 5.41) is 4.96. The molecule has 1 saturated carbocycles. The Hall–Kier alpha value is -1.13. The van der Waals surface area contributed by atoms with Crippen molar-refractivity contribution < 1.29 is 9.47 Å². The second-order valence-electron chi connectivity index (χ2n) is 7.40. The SMILES string of the molecule is COc1cccc(CNC2CCCCCCC2)c1OCc1ccc(Cl)cc1Cl.Cl. The first-order chi connectivity index (χ1) is 13.7. The summed E-state index contributed by atoms with van der Waals surface area (Å²) < 4.78 is 11.7. The Bertz CT molecular complexity index is 762. The minimum Gasteiger partial charge on any atom is -0.493 e. The van der Waals surface area contributed by atoms with Gasteiger partial charge in [-0.15, -0.1) is 12.4 Å². The third kappa shape index (κ3) is 7.25. The molecule has 0 heterocycles. The average Bonchev–Trinajstić information content (AvgIpc) is 2.66. The van der Waals surface area contributed by atoms with Crippen LogP contribution < -0.4 is 14.8 Å². The van der Waals surface area contributed by atoms with Crippen LogP contribution in [0, 0.1) is 0 Å². The number of nitrogens with one attached hydrogen (secondary N) is 1. The Balaban J connectivity index is 0.00000300. The second-order valence-corrected chi connectivity index (χ2v) is 8.24. The minimum absolute atomic E-state index is 0. The molecule has 29 heavy (non-hydrogen) atoms. The van der Waals surface area contributed by atoms with Crippen molar-refractivity contribution in [1.82, 2.24) is 5.32 Å². The van der Waals surface area contributed by atoms with E-state index in [4.69, 9.17) is 32.7 Å². The third-order valence-corrected chi connectivity index (χ3v) is 5.94. The number of methoxy groups -OCH3 is 1. The van der Waals surface area contributed by atoms with Crippen LogP contribution in [0.15, 0.2) is 36.4 Å². The maximum atomic E-state index is 6.29. The van der Waals surface area contributed by atoms with Gasteiger partial charge in [0.05, 0.1) is 7.11 Å². The van der Waals surface area contributed by atoms with E-state index >= 15 is 0 Å². The molecule has 0 aliphatic heterocycles. The van der Waals surface area contributed by atoms with Gasteiger partial charge in [0.2, 0.25) is 0 Å². The van der Waals surface area contributed by atoms with E-state index in [-0.39, 0.29) is 12.4 Å². The molecule has 160 valence electrons. The van der Waals surface area contributed by atoms with Crippen LogP contribution in [-0.2, 0) is 13.2 Å². The summed E-state index contributed by atoms with van der Waals surface area (Å²) in [5.74, 6) is 1.51. The first-order valence-corrected chi connectivity index (χ1v) is 10.9. The second kappa shape index (κ2) is 12.5. The lowest BCUT2D eigenvalue weighted by atomic mass is 9.96. The van der Waals surface area contributed by atoms with Crippen molar-refractivity contribution in [2.75, 3.05) is 7.11 Å². The molecule has 1 N–H and O–H groups in total. The van der Waals surface area contributed by atoms with E-state index in [0.717, 1.165) is 29.2 Å². The van der Waals surface area contributed by atoms with E-state index in [2.05, 4.69) is 11.4 Å². The van der Waals surface area contributed by atoms with Gasteiger partial charge in [0.1, 0.15) is 6.61 Å². The van der Waals surface area contributed by atoms with Crippen LogP contribution >= 0.6 is 35.6 Å². The Kier molecular flexibility index (Phi) is 10.4. The highest BCUT2D eigenvalue weighted by Crippen LogP contribution is 2.33. The fraction of sp³-hybridized carbons (Fsp3) is 0.478. The Morgan fingerprint density at radius 1 is 0.966 bits per heavy atom. The number of benzene rings is 2. The summed E-state index contributed by atoms with van der Waals surface area (Å²) in [7, 11) is 1.67. The van der Waals surface area contributed by atoms with Gasteiger partial charge in [0.15, 0.2) is 11.5 Å². The van der Waals surface area contributed by atoms with Crippen molar-refractivity contribution in [2.45, 2.75) is 64.1 Å². The van der Waals surface area contributed by atoms with Gasteiger partial charge in [-0.3, -0.25) is 0 Å². The standard InChI is InChI=1S/C23H29Cl2NO2.ClH/c1-27-22-11-7-8-17(15-26-20-9-5-3-2-4-6-10-20)23(22)28-16-18-12-13-19(24)14-21(18)25;/h7-8,11-14,20,26H,2-6,9-10,15-16H2,1H3;1H. The van der Waals surface area contributed by atoms with E-state index < -0.39 is 0 Å². The van der Waals surface area contributed by atoms with Gasteiger partial charge in [-0.05, 0) is 31.0 Å². The summed E-state index contributed by atoms with van der Waals surface area (Å²) >= 11 is 12.3. The van der Waals surface area contributed by atoms with Crippen molar-refractivity contribution in [3.8, 4) is 11.5 Å². The smallest absolute Gasteiger partial charge is 0.166 e. The van der Waals surface area contributed by atoms with Crippen LogP contribution in [0.1, 0.15) is 56.1 Å². The Morgan fingerprint density at radius 2 is 1.69 bits per heavy atom. The van der Waals surface area contributed by atoms with Gasteiger partial charge in [0.25, 0.3) is 0 Å². The van der Waals surface area contributed by atoms with Crippen molar-refractivity contribution in [3.05, 3.63) is 57.6 Å². The lowest BCUT2D eigenvalue weighted by Gasteiger charge is -2.22. The zero-order valence-corrected chi connectivity index (χ0v) is 19.2. The third-order valence-electron chi connectivity index (χ3n) is 5.35. The van der Waals surface area contributed by atoms with Gasteiger partial charge >= 0.3 is 0 Å². The molecule has 0 saturated heterocycles. The molecule has 3 nitrogen and oxygen atoms in total. The largest absolute Gasteiger partial charge is 0.493 e. The predicted molar refractivity (Wildman–Crippen MR) is 124 cm³/mol. The highest BCUT2D eigenvalue weighted by molar-refractivity contribution is 6.35. The van der Waals surface area contributed by atoms with Crippen molar-refractivity contribution in [1.29, 1.82) is 0 Å². The number of rotatable bonds is 7. The molecule has 0 bridgehead atoms. The topological polar surface area (TPSA) is 30.5 Å². The summed E-state index contributed by atoms with van der Waals surface area (Å²) in [5.41, 5.74) is 2.00. The van der Waals surface area contributed by atoms with Gasteiger partial charge in [-0.2, -0.15) is 0 Å². The van der Waals surface area contributed by atoms with Crippen LogP contribution in [0.25, 0.3) is 0 Å². The number of ether oxygens (including phenoxy) is 2. The lowest BCUT2D eigenvalue weighted by Crippen LogP contribution is -2.29. The van der Waals surface area contributed by atoms with Crippen molar-refractivity contribution in [3.63, 3.8) is 0 Å². The van der Waals surface area contributed by atoms with E-state index in [1.54, 1.807) is 13.2 Å².